The van der Waals surface area contributed by atoms with Gasteiger partial charge in [0.2, 0.25) is 5.91 Å². The molecule has 4 amide bonds. The van der Waals surface area contributed by atoms with Gasteiger partial charge in [-0.05, 0) is 11.6 Å². The number of aromatic nitrogens is 1. The van der Waals surface area contributed by atoms with Gasteiger partial charge in [0.05, 0.1) is 0 Å². The summed E-state index contributed by atoms with van der Waals surface area (Å²) in [6.07, 6.45) is 1.92. The molecule has 1 aromatic carbocycles. The number of benzene rings is 1. The number of carbonyl (C=O) groups excluding carboxylic acids is 4. The maximum absolute atomic E-state index is 12.2. The molecule has 0 aliphatic heterocycles. The topological polar surface area (TPSA) is 143 Å². The van der Waals surface area contributed by atoms with Crippen LogP contribution < -0.4 is 16.4 Å². The number of H-pyrrole nitrogens is 1. The van der Waals surface area contributed by atoms with Gasteiger partial charge in [0.1, 0.15) is 6.04 Å². The molecule has 1 heterocycles. The van der Waals surface area contributed by atoms with Crippen LogP contribution >= 0.6 is 0 Å². The van der Waals surface area contributed by atoms with E-state index >= 15 is 0 Å². The molecule has 9 nitrogen and oxygen atoms in total. The molecule has 5 N–H and O–H groups in total. The van der Waals surface area contributed by atoms with E-state index in [1.165, 1.54) is 6.92 Å². The normalized spacial score (nSPS) is 11.6. The molecule has 0 saturated carbocycles. The summed E-state index contributed by atoms with van der Waals surface area (Å²) < 4.78 is 4.84. The minimum absolute atomic E-state index is 0.180. The second-order valence-electron chi connectivity index (χ2n) is 5.34. The van der Waals surface area contributed by atoms with Gasteiger partial charge >= 0.3 is 12.0 Å². The van der Waals surface area contributed by atoms with Crippen molar-refractivity contribution in [1.82, 2.24) is 15.6 Å². The van der Waals surface area contributed by atoms with E-state index in [1.807, 2.05) is 24.3 Å². The molecular formula is C16H18N4O5. The van der Waals surface area contributed by atoms with Crippen molar-refractivity contribution < 1.29 is 23.9 Å². The molecule has 0 aliphatic carbocycles. The van der Waals surface area contributed by atoms with Crippen molar-refractivity contribution in [2.45, 2.75) is 19.4 Å². The van der Waals surface area contributed by atoms with Crippen molar-refractivity contribution in [2.75, 3.05) is 6.61 Å². The van der Waals surface area contributed by atoms with Gasteiger partial charge in [-0.1, -0.05) is 18.2 Å². The van der Waals surface area contributed by atoms with Crippen LogP contribution in [0.2, 0.25) is 0 Å². The molecular weight excluding hydrogens is 328 g/mol. The van der Waals surface area contributed by atoms with Gasteiger partial charge < -0.3 is 20.8 Å². The number of primary amides is 1. The molecule has 25 heavy (non-hydrogen) atoms. The van der Waals surface area contributed by atoms with Gasteiger partial charge in [0, 0.05) is 30.4 Å². The monoisotopic (exact) mass is 346 g/mol. The average molecular weight is 346 g/mol. The summed E-state index contributed by atoms with van der Waals surface area (Å²) in [5.74, 6) is -2.06. The number of esters is 1. The zero-order valence-corrected chi connectivity index (χ0v) is 13.5. The zero-order valence-electron chi connectivity index (χ0n) is 13.5. The smallest absolute Gasteiger partial charge is 0.329 e. The van der Waals surface area contributed by atoms with Crippen LogP contribution in [0.4, 0.5) is 4.79 Å². The summed E-state index contributed by atoms with van der Waals surface area (Å²) >= 11 is 0. The highest BCUT2D eigenvalue weighted by Crippen LogP contribution is 2.19. The number of urea groups is 1. The van der Waals surface area contributed by atoms with Crippen LogP contribution in [0.3, 0.4) is 0 Å². The largest absolute Gasteiger partial charge is 0.454 e. The first-order valence-electron chi connectivity index (χ1n) is 7.45. The van der Waals surface area contributed by atoms with E-state index in [0.29, 0.717) is 0 Å². The van der Waals surface area contributed by atoms with Crippen LogP contribution in [0.5, 0.6) is 0 Å². The zero-order chi connectivity index (χ0) is 18.4. The Balaban J connectivity index is 2.07. The van der Waals surface area contributed by atoms with Gasteiger partial charge in [0.15, 0.2) is 6.61 Å². The molecule has 2 rings (SSSR count). The highest BCUT2D eigenvalue weighted by Gasteiger charge is 2.23. The van der Waals surface area contributed by atoms with Gasteiger partial charge in [-0.2, -0.15) is 0 Å². The number of para-hydroxylation sites is 1. The number of nitrogens with two attached hydrogens (primary N) is 1. The summed E-state index contributed by atoms with van der Waals surface area (Å²) in [4.78, 5) is 48.5. The van der Waals surface area contributed by atoms with E-state index in [0.717, 1.165) is 16.5 Å². The Morgan fingerprint density at radius 1 is 1.24 bits per heavy atom. The predicted molar refractivity (Wildman–Crippen MR) is 88.3 cm³/mol. The minimum Gasteiger partial charge on any atom is -0.454 e. The molecule has 0 saturated heterocycles. The van der Waals surface area contributed by atoms with Gasteiger partial charge in [-0.3, -0.25) is 14.9 Å². The second kappa shape index (κ2) is 7.95. The highest BCUT2D eigenvalue weighted by atomic mass is 16.5. The number of amides is 4. The standard InChI is InChI=1S/C16H18N4O5/c1-9(21)19-13(15(23)25-8-14(22)20-16(17)24)6-10-7-18-12-5-3-2-4-11(10)12/h2-5,7,13,18H,6,8H2,1H3,(H,19,21)(H3,17,20,22,24)/t13-/m0/s1. The molecule has 132 valence electrons. The Labute approximate surface area is 142 Å². The number of rotatable bonds is 6. The number of ether oxygens (including phenoxy) is 1. The lowest BCUT2D eigenvalue weighted by Gasteiger charge is -2.16. The summed E-state index contributed by atoms with van der Waals surface area (Å²) in [7, 11) is 0. The van der Waals surface area contributed by atoms with E-state index in [1.54, 1.807) is 11.5 Å². The molecule has 0 aliphatic rings. The Morgan fingerprint density at radius 3 is 2.64 bits per heavy atom. The van der Waals surface area contributed by atoms with E-state index in [-0.39, 0.29) is 6.42 Å². The number of hydrogen-bond donors (Lipinski definition) is 4. The van der Waals surface area contributed by atoms with Gasteiger partial charge in [0.25, 0.3) is 5.91 Å². The maximum atomic E-state index is 12.2. The van der Waals surface area contributed by atoms with Crippen LogP contribution in [-0.2, 0) is 25.5 Å². The first-order chi connectivity index (χ1) is 11.9. The maximum Gasteiger partial charge on any atom is 0.329 e. The van der Waals surface area contributed by atoms with E-state index < -0.39 is 36.5 Å². The summed E-state index contributed by atoms with van der Waals surface area (Å²) in [6.45, 7) is 0.598. The molecule has 0 fully saturated rings. The van der Waals surface area contributed by atoms with Gasteiger partial charge in [-0.15, -0.1) is 0 Å². The number of hydrogen-bond acceptors (Lipinski definition) is 5. The van der Waals surface area contributed by atoms with Crippen molar-refractivity contribution >= 4 is 34.7 Å². The number of imide groups is 1. The summed E-state index contributed by atoms with van der Waals surface area (Å²) in [5, 5.41) is 5.19. The summed E-state index contributed by atoms with van der Waals surface area (Å²) in [5.41, 5.74) is 6.51. The number of aromatic amines is 1. The third kappa shape index (κ3) is 5.06. The number of nitrogens with one attached hydrogen (secondary N) is 3. The lowest BCUT2D eigenvalue weighted by molar-refractivity contribution is -0.151. The van der Waals surface area contributed by atoms with Crippen LogP contribution in [-0.4, -0.2) is 41.4 Å². The molecule has 0 radical (unpaired) electrons. The molecule has 9 heteroatoms. The van der Waals surface area contributed by atoms with Crippen molar-refractivity contribution in [3.05, 3.63) is 36.0 Å². The Morgan fingerprint density at radius 2 is 1.96 bits per heavy atom. The Hall–Kier alpha value is -3.36. The van der Waals surface area contributed by atoms with Gasteiger partial charge in [-0.25, -0.2) is 9.59 Å². The molecule has 2 aromatic rings. The quantitative estimate of drug-likeness (QED) is 0.542. The van der Waals surface area contributed by atoms with E-state index in [2.05, 4.69) is 10.3 Å². The first kappa shape index (κ1) is 18.0. The fourth-order valence-corrected chi connectivity index (χ4v) is 2.37. The lowest BCUT2D eigenvalue weighted by Crippen LogP contribution is -2.44. The fourth-order valence-electron chi connectivity index (χ4n) is 2.37. The van der Waals surface area contributed by atoms with Crippen LogP contribution in [0, 0.1) is 0 Å². The molecule has 0 bridgehead atoms. The van der Waals surface area contributed by atoms with Crippen LogP contribution in [0.15, 0.2) is 30.5 Å². The predicted octanol–water partition coefficient (Wildman–Crippen LogP) is -0.0468. The van der Waals surface area contributed by atoms with E-state index in [4.69, 9.17) is 10.5 Å². The third-order valence-corrected chi connectivity index (χ3v) is 3.37. The Kier molecular flexibility index (Phi) is 5.72. The lowest BCUT2D eigenvalue weighted by atomic mass is 10.0. The first-order valence-corrected chi connectivity index (χ1v) is 7.45. The van der Waals surface area contributed by atoms with Crippen LogP contribution in [0.25, 0.3) is 10.9 Å². The molecule has 0 spiro atoms. The number of carbonyl (C=O) groups is 4. The SMILES string of the molecule is CC(=O)N[C@@H](Cc1c[nH]c2ccccc12)C(=O)OCC(=O)NC(N)=O. The van der Waals surface area contributed by atoms with Crippen molar-refractivity contribution in [1.29, 1.82) is 0 Å². The van der Waals surface area contributed by atoms with Crippen molar-refractivity contribution in [3.63, 3.8) is 0 Å². The minimum atomic E-state index is -1.04. The molecule has 1 atom stereocenters. The summed E-state index contributed by atoms with van der Waals surface area (Å²) in [6, 6.07) is 5.49. The second-order valence-corrected chi connectivity index (χ2v) is 5.34. The van der Waals surface area contributed by atoms with Crippen molar-refractivity contribution in [2.24, 2.45) is 5.73 Å². The Bertz CT molecular complexity index is 814. The fraction of sp³-hybridized carbons (Fsp3) is 0.250. The molecule has 0 unspecified atom stereocenters. The third-order valence-electron chi connectivity index (χ3n) is 3.37. The van der Waals surface area contributed by atoms with Crippen LogP contribution in [0.1, 0.15) is 12.5 Å². The number of fused-ring (bicyclic) bond motifs is 1. The highest BCUT2D eigenvalue weighted by molar-refractivity contribution is 5.95. The average Bonchev–Trinajstić information content (AvgIpc) is 2.94. The van der Waals surface area contributed by atoms with Crippen molar-refractivity contribution in [3.8, 4) is 0 Å². The van der Waals surface area contributed by atoms with E-state index in [9.17, 15) is 19.2 Å². The molecule has 1 aromatic heterocycles.